The molecule has 4 rings (SSSR count). The molecule has 0 N–H and O–H groups in total. The standard InChI is InChI=1S/C26H24F2N2O3.C5H10O2.C3H8/c1-5-18(32)12-26(7-3,33-14-31)20-10-24-25-17(13-30(24)15(4)19(20)6-2)8-16-9-21(27)22(28)11-23(16)29-25;1-5(2,3)7-4-6;1-3-2/h5,8-11,14H,1,4,6-7,12-13H2,2-3H3;4H,1-3H3;3H2,1-2H3. The van der Waals surface area contributed by atoms with Crippen LogP contribution in [0.2, 0.25) is 0 Å². The molecule has 1 aromatic carbocycles. The third-order valence-electron chi connectivity index (χ3n) is 6.86. The van der Waals surface area contributed by atoms with Crippen LogP contribution in [0.1, 0.15) is 85.4 Å². The summed E-state index contributed by atoms with van der Waals surface area (Å²) in [4.78, 5) is 40.0. The van der Waals surface area contributed by atoms with Crippen LogP contribution in [0.3, 0.4) is 0 Å². The minimum absolute atomic E-state index is 0.0515. The molecule has 43 heavy (non-hydrogen) atoms. The van der Waals surface area contributed by atoms with E-state index < -0.39 is 17.2 Å². The Kier molecular flexibility index (Phi) is 12.1. The Bertz CT molecular complexity index is 1450. The van der Waals surface area contributed by atoms with Crippen LogP contribution in [0.5, 0.6) is 0 Å². The fraction of sp³-hybridized carbons (Fsp3) is 0.412. The third kappa shape index (κ3) is 8.03. The second-order valence-corrected chi connectivity index (χ2v) is 11.2. The van der Waals surface area contributed by atoms with Gasteiger partial charge in [-0.2, -0.15) is 0 Å². The van der Waals surface area contributed by atoms with Crippen molar-refractivity contribution in [2.75, 3.05) is 0 Å². The number of benzene rings is 1. The molecule has 2 aromatic rings. The van der Waals surface area contributed by atoms with E-state index in [0.717, 1.165) is 23.3 Å². The third-order valence-corrected chi connectivity index (χ3v) is 6.86. The molecule has 232 valence electrons. The van der Waals surface area contributed by atoms with Crippen molar-refractivity contribution < 1.29 is 32.6 Å². The maximum absolute atomic E-state index is 13.8. The highest BCUT2D eigenvalue weighted by Crippen LogP contribution is 2.47. The molecule has 1 atom stereocenters. The van der Waals surface area contributed by atoms with Crippen molar-refractivity contribution in [1.29, 1.82) is 0 Å². The van der Waals surface area contributed by atoms with Gasteiger partial charge < -0.3 is 14.4 Å². The highest BCUT2D eigenvalue weighted by Gasteiger charge is 2.42. The fourth-order valence-corrected chi connectivity index (χ4v) is 4.86. The lowest BCUT2D eigenvalue weighted by molar-refractivity contribution is -0.142. The predicted octanol–water partition coefficient (Wildman–Crippen LogP) is 7.74. The first-order valence-corrected chi connectivity index (χ1v) is 14.3. The summed E-state index contributed by atoms with van der Waals surface area (Å²) < 4.78 is 37.7. The number of hydrogen-bond donors (Lipinski definition) is 0. The molecule has 0 saturated heterocycles. The van der Waals surface area contributed by atoms with Crippen molar-refractivity contribution in [3.63, 3.8) is 0 Å². The number of ketones is 1. The predicted molar refractivity (Wildman–Crippen MR) is 164 cm³/mol. The van der Waals surface area contributed by atoms with Gasteiger partial charge in [0.05, 0.1) is 29.9 Å². The number of nitrogens with zero attached hydrogens (tertiary/aromatic N) is 2. The highest BCUT2D eigenvalue weighted by atomic mass is 19.2. The monoisotopic (exact) mass is 596 g/mol. The van der Waals surface area contributed by atoms with Crippen molar-refractivity contribution in [1.82, 2.24) is 9.88 Å². The quantitative estimate of drug-likeness (QED) is 0.216. The number of fused-ring (bicyclic) bond motifs is 4. The average Bonchev–Trinajstić information content (AvgIpc) is 3.30. The summed E-state index contributed by atoms with van der Waals surface area (Å²) in [5, 5.41) is 0.506. The van der Waals surface area contributed by atoms with Crippen molar-refractivity contribution in [2.24, 2.45) is 0 Å². The number of ether oxygens (including phenoxy) is 2. The van der Waals surface area contributed by atoms with Crippen LogP contribution < -0.4 is 0 Å². The molecule has 9 heteroatoms. The molecule has 2 aliphatic rings. The van der Waals surface area contributed by atoms with Crippen molar-refractivity contribution >= 4 is 35.3 Å². The Hall–Kier alpha value is -4.14. The van der Waals surface area contributed by atoms with Gasteiger partial charge >= 0.3 is 0 Å². The van der Waals surface area contributed by atoms with Gasteiger partial charge in [-0.25, -0.2) is 13.8 Å². The van der Waals surface area contributed by atoms with Crippen molar-refractivity contribution in [3.05, 3.63) is 83.2 Å². The van der Waals surface area contributed by atoms with Crippen LogP contribution >= 0.6 is 0 Å². The summed E-state index contributed by atoms with van der Waals surface area (Å²) in [6, 6.07) is 4.02. The molecule has 1 unspecified atom stereocenters. The molecule has 1 aromatic heterocycles. The van der Waals surface area contributed by atoms with E-state index in [0.29, 0.717) is 65.9 Å². The SMILES string of the molecule is C=CC(=O)CC(CC)(OC=O)C1=C(CC)C(=C)N2Cc3cc4cc(F)c(F)cc4nc3C2=C1.CC(C)(C)OC=O.CCC. The van der Waals surface area contributed by atoms with Crippen molar-refractivity contribution in [3.8, 4) is 0 Å². The fourth-order valence-electron chi connectivity index (χ4n) is 4.86. The topological polar surface area (TPSA) is 85.8 Å². The van der Waals surface area contributed by atoms with E-state index in [2.05, 4.69) is 36.7 Å². The van der Waals surface area contributed by atoms with Gasteiger partial charge in [-0.15, -0.1) is 0 Å². The second-order valence-electron chi connectivity index (χ2n) is 11.2. The van der Waals surface area contributed by atoms with Gasteiger partial charge in [-0.3, -0.25) is 14.4 Å². The summed E-state index contributed by atoms with van der Waals surface area (Å²) in [5.41, 5.74) is 3.28. The van der Waals surface area contributed by atoms with Gasteiger partial charge in [0.2, 0.25) is 0 Å². The summed E-state index contributed by atoms with van der Waals surface area (Å²) >= 11 is 0. The zero-order chi connectivity index (χ0) is 32.5. The normalized spacial score (nSPS) is 15.0. The first-order chi connectivity index (χ1) is 20.3. The van der Waals surface area contributed by atoms with Crippen LogP contribution in [0.25, 0.3) is 16.6 Å². The van der Waals surface area contributed by atoms with Crippen molar-refractivity contribution in [2.45, 2.75) is 91.9 Å². The van der Waals surface area contributed by atoms with E-state index in [1.54, 1.807) is 6.07 Å². The van der Waals surface area contributed by atoms with Crippen LogP contribution in [-0.2, 0) is 30.4 Å². The summed E-state index contributed by atoms with van der Waals surface area (Å²) in [6.45, 7) is 22.6. The smallest absolute Gasteiger partial charge is 0.293 e. The van der Waals surface area contributed by atoms with Gasteiger partial charge in [0.15, 0.2) is 17.4 Å². The summed E-state index contributed by atoms with van der Waals surface area (Å²) in [5.74, 6) is -2.14. The Labute approximate surface area is 253 Å². The maximum atomic E-state index is 13.8. The number of allylic oxidation sites excluding steroid dienone is 2. The number of pyridine rings is 1. The van der Waals surface area contributed by atoms with E-state index in [-0.39, 0.29) is 17.8 Å². The Morgan fingerprint density at radius 3 is 2.14 bits per heavy atom. The first-order valence-electron chi connectivity index (χ1n) is 14.3. The lowest BCUT2D eigenvalue weighted by atomic mass is 9.79. The zero-order valence-electron chi connectivity index (χ0n) is 26.2. The van der Waals surface area contributed by atoms with E-state index >= 15 is 0 Å². The molecule has 0 amide bonds. The van der Waals surface area contributed by atoms with Crippen LogP contribution in [0.15, 0.2) is 60.4 Å². The molecule has 0 saturated carbocycles. The molecule has 3 heterocycles. The van der Waals surface area contributed by atoms with Gasteiger partial charge in [0.25, 0.3) is 12.9 Å². The van der Waals surface area contributed by atoms with E-state index in [1.165, 1.54) is 12.5 Å². The maximum Gasteiger partial charge on any atom is 0.293 e. The van der Waals surface area contributed by atoms with E-state index in [4.69, 9.17) is 4.74 Å². The van der Waals surface area contributed by atoms with Crippen LogP contribution in [-0.4, -0.2) is 39.8 Å². The van der Waals surface area contributed by atoms with Crippen LogP contribution in [0, 0.1) is 11.6 Å². The highest BCUT2D eigenvalue weighted by molar-refractivity contribution is 5.91. The number of carbonyl (C=O) groups is 3. The first kappa shape index (κ1) is 35.1. The average molecular weight is 597 g/mol. The minimum atomic E-state index is -1.19. The summed E-state index contributed by atoms with van der Waals surface area (Å²) in [7, 11) is 0. The van der Waals surface area contributed by atoms with Gasteiger partial charge in [0.1, 0.15) is 11.2 Å². The lowest BCUT2D eigenvalue weighted by Gasteiger charge is -2.38. The molecular weight excluding hydrogens is 554 g/mol. The summed E-state index contributed by atoms with van der Waals surface area (Å²) in [6.07, 6.45) is 5.26. The zero-order valence-corrected chi connectivity index (χ0v) is 26.2. The Morgan fingerprint density at radius 2 is 1.65 bits per heavy atom. The minimum Gasteiger partial charge on any atom is -0.462 e. The number of halogens is 2. The second kappa shape index (κ2) is 14.8. The van der Waals surface area contributed by atoms with E-state index in [9.17, 15) is 23.2 Å². The van der Waals surface area contributed by atoms with Gasteiger partial charge in [0, 0.05) is 28.3 Å². The van der Waals surface area contributed by atoms with E-state index in [1.807, 2.05) is 45.6 Å². The van der Waals surface area contributed by atoms with Gasteiger partial charge in [-0.1, -0.05) is 47.3 Å². The molecule has 0 bridgehead atoms. The number of rotatable bonds is 9. The number of hydrogen-bond acceptors (Lipinski definition) is 7. The molecule has 0 aliphatic carbocycles. The molecule has 7 nitrogen and oxygen atoms in total. The molecular formula is C34H42F2N2O5. The molecule has 2 aliphatic heterocycles. The Balaban J connectivity index is 0.000000560. The van der Waals surface area contributed by atoms with Crippen LogP contribution in [0.4, 0.5) is 8.78 Å². The molecule has 0 fully saturated rings. The molecule has 0 radical (unpaired) electrons. The Morgan fingerprint density at radius 1 is 1.05 bits per heavy atom. The number of carbonyl (C=O) groups excluding carboxylic acids is 3. The molecule has 0 spiro atoms. The van der Waals surface area contributed by atoms with Gasteiger partial charge in [-0.05, 0) is 63.5 Å². The largest absolute Gasteiger partial charge is 0.462 e. The number of aromatic nitrogens is 1. The lowest BCUT2D eigenvalue weighted by Crippen LogP contribution is -2.39.